The van der Waals surface area contributed by atoms with Crippen LogP contribution in [0.1, 0.15) is 24.9 Å². The molecule has 1 aliphatic heterocycles. The lowest BCUT2D eigenvalue weighted by molar-refractivity contribution is -0.132. The molecular weight excluding hydrogens is 320 g/mol. The number of nitrogens with one attached hydrogen (secondary N) is 1. The molecule has 130 valence electrons. The van der Waals surface area contributed by atoms with Gasteiger partial charge in [-0.2, -0.15) is 0 Å². The zero-order valence-corrected chi connectivity index (χ0v) is 14.4. The van der Waals surface area contributed by atoms with Crippen LogP contribution in [0.2, 0.25) is 0 Å². The molecule has 23 heavy (non-hydrogen) atoms. The van der Waals surface area contributed by atoms with Crippen molar-refractivity contribution in [2.24, 2.45) is 0 Å². The van der Waals surface area contributed by atoms with Gasteiger partial charge >= 0.3 is 5.97 Å². The van der Waals surface area contributed by atoms with Crippen molar-refractivity contribution in [1.29, 1.82) is 0 Å². The molecule has 2 rings (SSSR count). The number of carbonyl (C=O) groups is 1. The lowest BCUT2D eigenvalue weighted by atomic mass is 10.0. The molecule has 0 unspecified atom stereocenters. The topological polar surface area (TPSA) is 71.0 Å². The van der Waals surface area contributed by atoms with Gasteiger partial charge in [0.15, 0.2) is 11.5 Å². The Balaban J connectivity index is 0.00000264. The van der Waals surface area contributed by atoms with Gasteiger partial charge in [-0.1, -0.05) is 6.07 Å². The van der Waals surface area contributed by atoms with Crippen molar-refractivity contribution in [3.8, 4) is 11.5 Å². The van der Waals surface area contributed by atoms with Gasteiger partial charge in [0.2, 0.25) is 0 Å². The Morgan fingerprint density at radius 2 is 2.04 bits per heavy atom. The lowest BCUT2D eigenvalue weighted by Gasteiger charge is -2.35. The van der Waals surface area contributed by atoms with E-state index in [1.165, 1.54) is 6.92 Å². The highest BCUT2D eigenvalue weighted by molar-refractivity contribution is 5.85. The van der Waals surface area contributed by atoms with E-state index < -0.39 is 0 Å². The van der Waals surface area contributed by atoms with Crippen molar-refractivity contribution in [3.05, 3.63) is 23.8 Å². The Bertz CT molecular complexity index is 507. The van der Waals surface area contributed by atoms with E-state index in [1.54, 1.807) is 13.2 Å². The van der Waals surface area contributed by atoms with E-state index >= 15 is 0 Å². The highest BCUT2D eigenvalue weighted by Gasteiger charge is 2.23. The first-order valence-electron chi connectivity index (χ1n) is 7.57. The summed E-state index contributed by atoms with van der Waals surface area (Å²) in [4.78, 5) is 13.5. The first-order valence-corrected chi connectivity index (χ1v) is 7.57. The van der Waals surface area contributed by atoms with Gasteiger partial charge in [0, 0.05) is 45.8 Å². The van der Waals surface area contributed by atoms with Crippen LogP contribution in [0.25, 0.3) is 0 Å². The van der Waals surface area contributed by atoms with Crippen molar-refractivity contribution < 1.29 is 19.4 Å². The van der Waals surface area contributed by atoms with Crippen LogP contribution < -0.4 is 14.8 Å². The molecule has 1 aromatic rings. The molecule has 0 aromatic heterocycles. The number of esters is 1. The monoisotopic (exact) mass is 344 g/mol. The molecule has 0 bridgehead atoms. The van der Waals surface area contributed by atoms with Crippen LogP contribution >= 0.6 is 12.4 Å². The van der Waals surface area contributed by atoms with Gasteiger partial charge in [-0.3, -0.25) is 9.69 Å². The second kappa shape index (κ2) is 9.72. The summed E-state index contributed by atoms with van der Waals surface area (Å²) in [7, 11) is 1.55. The smallest absolute Gasteiger partial charge is 0.308 e. The molecule has 0 radical (unpaired) electrons. The molecule has 6 nitrogen and oxygen atoms in total. The summed E-state index contributed by atoms with van der Waals surface area (Å²) in [6, 6.07) is 5.71. The maximum Gasteiger partial charge on any atom is 0.308 e. The number of benzene rings is 1. The first-order chi connectivity index (χ1) is 10.7. The van der Waals surface area contributed by atoms with Crippen LogP contribution in [-0.2, 0) is 4.79 Å². The third-order valence-corrected chi connectivity index (χ3v) is 3.82. The largest absolute Gasteiger partial charge is 0.493 e. The first kappa shape index (κ1) is 19.7. The highest BCUT2D eigenvalue weighted by Crippen LogP contribution is 2.33. The SMILES string of the molecule is COc1cc([C@@H](CCO)N2CCNCC2)ccc1OC(C)=O.Cl. The maximum atomic E-state index is 11.1. The van der Waals surface area contributed by atoms with Crippen LogP contribution in [0.4, 0.5) is 0 Å². The predicted octanol–water partition coefficient (Wildman–Crippen LogP) is 1.37. The van der Waals surface area contributed by atoms with Crippen LogP contribution in [0, 0.1) is 0 Å². The Labute approximate surface area is 143 Å². The minimum atomic E-state index is -0.375. The van der Waals surface area contributed by atoms with Crippen molar-refractivity contribution >= 4 is 18.4 Å². The molecule has 1 aliphatic rings. The Hall–Kier alpha value is -1.34. The van der Waals surface area contributed by atoms with Gasteiger partial charge < -0.3 is 19.9 Å². The number of aliphatic hydroxyl groups excluding tert-OH is 1. The number of rotatable bonds is 6. The Kier molecular flexibility index (Phi) is 8.33. The Morgan fingerprint density at radius 1 is 1.35 bits per heavy atom. The number of methoxy groups -OCH3 is 1. The van der Waals surface area contributed by atoms with Crippen LogP contribution in [0.5, 0.6) is 11.5 Å². The molecule has 1 atom stereocenters. The number of halogens is 1. The van der Waals surface area contributed by atoms with Gasteiger partial charge in [-0.05, 0) is 24.1 Å². The second-order valence-corrected chi connectivity index (χ2v) is 5.32. The van der Waals surface area contributed by atoms with E-state index in [-0.39, 0.29) is 31.0 Å². The fourth-order valence-corrected chi connectivity index (χ4v) is 2.81. The molecule has 1 heterocycles. The molecule has 0 saturated carbocycles. The molecule has 1 aromatic carbocycles. The van der Waals surface area contributed by atoms with Gasteiger partial charge in [0.05, 0.1) is 7.11 Å². The lowest BCUT2D eigenvalue weighted by Crippen LogP contribution is -2.45. The van der Waals surface area contributed by atoms with E-state index in [0.29, 0.717) is 17.9 Å². The van der Waals surface area contributed by atoms with E-state index in [1.807, 2.05) is 12.1 Å². The average Bonchev–Trinajstić information content (AvgIpc) is 2.53. The van der Waals surface area contributed by atoms with Crippen molar-refractivity contribution in [2.45, 2.75) is 19.4 Å². The number of hydrogen-bond donors (Lipinski definition) is 2. The van der Waals surface area contributed by atoms with Gasteiger partial charge in [-0.25, -0.2) is 0 Å². The molecule has 7 heteroatoms. The summed E-state index contributed by atoms with van der Waals surface area (Å²) in [6.07, 6.45) is 0.663. The van der Waals surface area contributed by atoms with E-state index in [4.69, 9.17) is 9.47 Å². The molecule has 0 spiro atoms. The molecule has 2 N–H and O–H groups in total. The molecule has 1 saturated heterocycles. The van der Waals surface area contributed by atoms with Crippen LogP contribution in [-0.4, -0.2) is 55.9 Å². The van der Waals surface area contributed by atoms with Crippen LogP contribution in [0.15, 0.2) is 18.2 Å². The Morgan fingerprint density at radius 3 is 2.61 bits per heavy atom. The van der Waals surface area contributed by atoms with Crippen molar-refractivity contribution in [2.75, 3.05) is 39.9 Å². The zero-order valence-electron chi connectivity index (χ0n) is 13.6. The predicted molar refractivity (Wildman–Crippen MR) is 90.4 cm³/mol. The van der Waals surface area contributed by atoms with Crippen LogP contribution in [0.3, 0.4) is 0 Å². The summed E-state index contributed by atoms with van der Waals surface area (Å²) in [5.41, 5.74) is 1.06. The summed E-state index contributed by atoms with van der Waals surface area (Å²) in [5.74, 6) is 0.577. The quantitative estimate of drug-likeness (QED) is 0.600. The average molecular weight is 345 g/mol. The summed E-state index contributed by atoms with van der Waals surface area (Å²) < 4.78 is 10.5. The summed E-state index contributed by atoms with van der Waals surface area (Å²) in [6.45, 7) is 5.28. The maximum absolute atomic E-state index is 11.1. The number of nitrogens with zero attached hydrogens (tertiary/aromatic N) is 1. The summed E-state index contributed by atoms with van der Waals surface area (Å²) >= 11 is 0. The van der Waals surface area contributed by atoms with E-state index in [2.05, 4.69) is 10.2 Å². The van der Waals surface area contributed by atoms with Gasteiger partial charge in [0.1, 0.15) is 0 Å². The van der Waals surface area contributed by atoms with Crippen molar-refractivity contribution in [3.63, 3.8) is 0 Å². The molecule has 0 aliphatic carbocycles. The summed E-state index contributed by atoms with van der Waals surface area (Å²) in [5, 5.41) is 12.7. The third-order valence-electron chi connectivity index (χ3n) is 3.82. The van der Waals surface area contributed by atoms with Gasteiger partial charge in [-0.15, -0.1) is 12.4 Å². The number of hydrogen-bond acceptors (Lipinski definition) is 6. The number of ether oxygens (including phenoxy) is 2. The number of aliphatic hydroxyl groups is 1. The fraction of sp³-hybridized carbons (Fsp3) is 0.562. The normalized spacial score (nSPS) is 16.3. The zero-order chi connectivity index (χ0) is 15.9. The van der Waals surface area contributed by atoms with E-state index in [9.17, 15) is 9.90 Å². The number of piperazine rings is 1. The third kappa shape index (κ3) is 5.35. The highest BCUT2D eigenvalue weighted by atomic mass is 35.5. The molecule has 1 fully saturated rings. The van der Waals surface area contributed by atoms with Crippen molar-refractivity contribution in [1.82, 2.24) is 10.2 Å². The standard InChI is InChI=1S/C16H24N2O4.ClH/c1-12(20)22-15-4-3-13(11-16(15)21-2)14(5-10-19)18-8-6-17-7-9-18;/h3-4,11,14,17,19H,5-10H2,1-2H3;1H/t14-;/m1./s1. The molecule has 0 amide bonds. The minimum absolute atomic E-state index is 0. The van der Waals surface area contributed by atoms with E-state index in [0.717, 1.165) is 31.7 Å². The molecular formula is C16H25ClN2O4. The van der Waals surface area contributed by atoms with Gasteiger partial charge in [0.25, 0.3) is 0 Å². The second-order valence-electron chi connectivity index (χ2n) is 5.32. The fourth-order valence-electron chi connectivity index (χ4n) is 2.81. The number of carbonyl (C=O) groups excluding carboxylic acids is 1. The minimum Gasteiger partial charge on any atom is -0.493 e.